The van der Waals surface area contributed by atoms with Crippen molar-refractivity contribution in [1.29, 1.82) is 0 Å². The molecule has 0 saturated carbocycles. The van der Waals surface area contributed by atoms with Crippen molar-refractivity contribution in [3.8, 4) is 0 Å². The highest BCUT2D eigenvalue weighted by Crippen LogP contribution is 2.16. The van der Waals surface area contributed by atoms with Crippen LogP contribution in [0.5, 0.6) is 0 Å². The van der Waals surface area contributed by atoms with Crippen LogP contribution in [0.4, 0.5) is 4.39 Å². The van der Waals surface area contributed by atoms with Crippen LogP contribution in [0, 0.1) is 11.7 Å². The predicted octanol–water partition coefficient (Wildman–Crippen LogP) is 2.17. The fraction of sp³-hybridized carbons (Fsp3) is 0.462. The highest BCUT2D eigenvalue weighted by Gasteiger charge is 2.18. The molecule has 20 heavy (non-hydrogen) atoms. The van der Waals surface area contributed by atoms with Crippen molar-refractivity contribution in [3.05, 3.63) is 29.6 Å². The van der Waals surface area contributed by atoms with E-state index in [2.05, 4.69) is 4.72 Å². The Balaban J connectivity index is 2.98. The maximum atomic E-state index is 13.4. The molecule has 0 aliphatic carbocycles. The van der Waals surface area contributed by atoms with Crippen LogP contribution in [0.25, 0.3) is 0 Å². The van der Waals surface area contributed by atoms with Gasteiger partial charge in [0.2, 0.25) is 10.0 Å². The zero-order chi connectivity index (χ0) is 15.3. The Morgan fingerprint density at radius 1 is 1.40 bits per heavy atom. The fourth-order valence-corrected chi connectivity index (χ4v) is 3.05. The van der Waals surface area contributed by atoms with Crippen LogP contribution in [0.15, 0.2) is 23.1 Å². The van der Waals surface area contributed by atoms with E-state index in [1.165, 1.54) is 6.07 Å². The first-order valence-electron chi connectivity index (χ1n) is 6.40. The molecule has 0 radical (unpaired) electrons. The van der Waals surface area contributed by atoms with Crippen LogP contribution >= 0.6 is 12.2 Å². The Labute approximate surface area is 124 Å². The van der Waals surface area contributed by atoms with Crippen molar-refractivity contribution in [2.45, 2.75) is 31.6 Å². The topological polar surface area (TPSA) is 72.2 Å². The zero-order valence-corrected chi connectivity index (χ0v) is 13.2. The van der Waals surface area contributed by atoms with Gasteiger partial charge in [0.1, 0.15) is 10.8 Å². The van der Waals surface area contributed by atoms with Gasteiger partial charge in [0, 0.05) is 12.1 Å². The molecule has 1 rings (SSSR count). The maximum Gasteiger partial charge on any atom is 0.240 e. The number of halogens is 1. The van der Waals surface area contributed by atoms with Gasteiger partial charge in [0.25, 0.3) is 0 Å². The molecule has 7 heteroatoms. The SMILES string of the molecule is CCC(CC)CNS(=O)(=O)c1ccc(F)c(C(N)=S)c1. The second-order valence-electron chi connectivity index (χ2n) is 4.54. The highest BCUT2D eigenvalue weighted by atomic mass is 32.2. The third-order valence-corrected chi connectivity index (χ3v) is 4.87. The normalized spacial score (nSPS) is 11.8. The number of sulfonamides is 1. The minimum absolute atomic E-state index is 0.0346. The zero-order valence-electron chi connectivity index (χ0n) is 11.5. The van der Waals surface area contributed by atoms with Gasteiger partial charge in [-0.3, -0.25) is 0 Å². The van der Waals surface area contributed by atoms with Gasteiger partial charge in [-0.15, -0.1) is 0 Å². The van der Waals surface area contributed by atoms with Gasteiger partial charge in [-0.2, -0.15) is 0 Å². The molecule has 0 amide bonds. The number of nitrogens with two attached hydrogens (primary N) is 1. The fourth-order valence-electron chi connectivity index (χ4n) is 1.75. The largest absolute Gasteiger partial charge is 0.389 e. The molecular weight excluding hydrogens is 299 g/mol. The number of hydrogen-bond acceptors (Lipinski definition) is 3. The summed E-state index contributed by atoms with van der Waals surface area (Å²) in [5.41, 5.74) is 5.30. The molecule has 0 aliphatic rings. The molecule has 0 bridgehead atoms. The molecule has 0 aliphatic heterocycles. The van der Waals surface area contributed by atoms with Crippen LogP contribution in [0.3, 0.4) is 0 Å². The van der Waals surface area contributed by atoms with E-state index in [1.807, 2.05) is 13.8 Å². The summed E-state index contributed by atoms with van der Waals surface area (Å²) in [6.07, 6.45) is 1.78. The van der Waals surface area contributed by atoms with Gasteiger partial charge in [-0.1, -0.05) is 38.9 Å². The summed E-state index contributed by atoms with van der Waals surface area (Å²) in [5, 5.41) is 0. The minimum atomic E-state index is -3.68. The molecule has 0 heterocycles. The molecule has 1 aromatic rings. The van der Waals surface area contributed by atoms with E-state index in [9.17, 15) is 12.8 Å². The smallest absolute Gasteiger partial charge is 0.240 e. The number of rotatable bonds is 7. The van der Waals surface area contributed by atoms with Crippen molar-refractivity contribution >= 4 is 27.2 Å². The molecule has 4 nitrogen and oxygen atoms in total. The quantitative estimate of drug-likeness (QED) is 0.756. The second kappa shape index (κ2) is 7.10. The average Bonchev–Trinajstić information content (AvgIpc) is 2.39. The van der Waals surface area contributed by atoms with E-state index in [1.54, 1.807) is 0 Å². The summed E-state index contributed by atoms with van der Waals surface area (Å²) < 4.78 is 40.3. The molecule has 0 atom stereocenters. The molecular formula is C13H19FN2O2S2. The monoisotopic (exact) mass is 318 g/mol. The second-order valence-corrected chi connectivity index (χ2v) is 6.75. The van der Waals surface area contributed by atoms with E-state index < -0.39 is 15.8 Å². The van der Waals surface area contributed by atoms with E-state index >= 15 is 0 Å². The summed E-state index contributed by atoms with van der Waals surface area (Å²) in [4.78, 5) is -0.202. The first kappa shape index (κ1) is 17.0. The van der Waals surface area contributed by atoms with Crippen LogP contribution < -0.4 is 10.5 Å². The Morgan fingerprint density at radius 3 is 2.50 bits per heavy atom. The summed E-state index contributed by atoms with van der Waals surface area (Å²) >= 11 is 4.70. The lowest BCUT2D eigenvalue weighted by Crippen LogP contribution is -2.29. The molecule has 0 fully saturated rings. The molecule has 112 valence electrons. The summed E-state index contributed by atoms with van der Waals surface area (Å²) in [5.74, 6) is -0.350. The highest BCUT2D eigenvalue weighted by molar-refractivity contribution is 7.89. The van der Waals surface area contributed by atoms with Gasteiger partial charge < -0.3 is 5.73 Å². The Hall–Kier alpha value is -1.05. The predicted molar refractivity (Wildman–Crippen MR) is 81.5 cm³/mol. The maximum absolute atomic E-state index is 13.4. The van der Waals surface area contributed by atoms with Gasteiger partial charge >= 0.3 is 0 Å². The van der Waals surface area contributed by atoms with Gasteiger partial charge in [0.15, 0.2) is 0 Å². The Kier molecular flexibility index (Phi) is 6.04. The third kappa shape index (κ3) is 4.22. The molecule has 0 spiro atoms. The molecule has 0 saturated heterocycles. The van der Waals surface area contributed by atoms with Gasteiger partial charge in [0.05, 0.1) is 4.90 Å². The van der Waals surface area contributed by atoms with Crippen LogP contribution in [0.1, 0.15) is 32.3 Å². The minimum Gasteiger partial charge on any atom is -0.389 e. The lowest BCUT2D eigenvalue weighted by Gasteiger charge is -2.14. The van der Waals surface area contributed by atoms with E-state index in [0.29, 0.717) is 6.54 Å². The molecule has 0 unspecified atom stereocenters. The Bertz CT molecular complexity index is 584. The Morgan fingerprint density at radius 2 is 2.00 bits per heavy atom. The lowest BCUT2D eigenvalue weighted by atomic mass is 10.0. The standard InChI is InChI=1S/C13H19FN2O2S2/c1-3-9(4-2)8-16-20(17,18)10-5-6-12(14)11(7-10)13(15)19/h5-7,9,16H,3-4,8H2,1-2H3,(H2,15,19). The molecule has 1 aromatic carbocycles. The van der Waals surface area contributed by atoms with E-state index in [4.69, 9.17) is 18.0 Å². The van der Waals surface area contributed by atoms with Crippen LogP contribution in [-0.4, -0.2) is 20.0 Å². The van der Waals surface area contributed by atoms with E-state index in [-0.39, 0.29) is 21.4 Å². The number of benzene rings is 1. The summed E-state index contributed by atoms with van der Waals surface area (Å²) in [6.45, 7) is 4.37. The van der Waals surface area contributed by atoms with E-state index in [0.717, 1.165) is 25.0 Å². The number of thiocarbonyl (C=S) groups is 1. The van der Waals surface area contributed by atoms with Gasteiger partial charge in [-0.25, -0.2) is 17.5 Å². The van der Waals surface area contributed by atoms with Crippen LogP contribution in [0.2, 0.25) is 0 Å². The first-order valence-corrected chi connectivity index (χ1v) is 8.30. The first-order chi connectivity index (χ1) is 9.31. The van der Waals surface area contributed by atoms with Gasteiger partial charge in [-0.05, 0) is 24.1 Å². The summed E-state index contributed by atoms with van der Waals surface area (Å²) in [7, 11) is -3.68. The third-order valence-electron chi connectivity index (χ3n) is 3.23. The number of nitrogens with one attached hydrogen (secondary N) is 1. The van der Waals surface area contributed by atoms with Crippen molar-refractivity contribution < 1.29 is 12.8 Å². The van der Waals surface area contributed by atoms with Crippen molar-refractivity contribution in [2.24, 2.45) is 11.7 Å². The number of hydrogen-bond donors (Lipinski definition) is 2. The summed E-state index contributed by atoms with van der Waals surface area (Å²) in [6, 6.07) is 3.42. The molecule has 3 N–H and O–H groups in total. The van der Waals surface area contributed by atoms with Crippen molar-refractivity contribution in [2.75, 3.05) is 6.54 Å². The lowest BCUT2D eigenvalue weighted by molar-refractivity contribution is 0.479. The van der Waals surface area contributed by atoms with Crippen molar-refractivity contribution in [3.63, 3.8) is 0 Å². The van der Waals surface area contributed by atoms with Crippen LogP contribution in [-0.2, 0) is 10.0 Å². The van der Waals surface area contributed by atoms with Crippen molar-refractivity contribution in [1.82, 2.24) is 4.72 Å². The average molecular weight is 318 g/mol. The molecule has 0 aromatic heterocycles.